The first-order valence-corrected chi connectivity index (χ1v) is 9.11. The first-order valence-electron chi connectivity index (χ1n) is 9.11. The van der Waals surface area contributed by atoms with Crippen molar-refractivity contribution < 1.29 is 14.3 Å². The summed E-state index contributed by atoms with van der Waals surface area (Å²) >= 11 is 0. The van der Waals surface area contributed by atoms with Crippen molar-refractivity contribution in [3.05, 3.63) is 54.1 Å². The van der Waals surface area contributed by atoms with E-state index in [4.69, 9.17) is 10.5 Å². The predicted molar refractivity (Wildman–Crippen MR) is 103 cm³/mol. The van der Waals surface area contributed by atoms with Crippen LogP contribution in [0.2, 0.25) is 0 Å². The van der Waals surface area contributed by atoms with Gasteiger partial charge in [-0.1, -0.05) is 0 Å². The number of nitrogens with two attached hydrogens (primary N) is 1. The van der Waals surface area contributed by atoms with Gasteiger partial charge in [0.05, 0.1) is 24.1 Å². The smallest absolute Gasteiger partial charge is 0.271 e. The average Bonchev–Trinajstić information content (AvgIpc) is 3.06. The maximum absolute atomic E-state index is 13.4. The topological polar surface area (TPSA) is 103 Å². The lowest BCUT2D eigenvalue weighted by Gasteiger charge is -2.35. The van der Waals surface area contributed by atoms with Crippen molar-refractivity contribution in [3.8, 4) is 5.69 Å². The summed E-state index contributed by atoms with van der Waals surface area (Å²) in [6, 6.07) is 8.82. The molecule has 1 aliphatic heterocycles. The van der Waals surface area contributed by atoms with Gasteiger partial charge in [0.25, 0.3) is 11.8 Å². The van der Waals surface area contributed by atoms with Crippen LogP contribution in [0.3, 0.4) is 0 Å². The fourth-order valence-electron chi connectivity index (χ4n) is 3.62. The van der Waals surface area contributed by atoms with E-state index in [9.17, 15) is 9.59 Å². The van der Waals surface area contributed by atoms with Gasteiger partial charge in [-0.15, -0.1) is 0 Å². The number of amides is 2. The van der Waals surface area contributed by atoms with Crippen LogP contribution in [0, 0.1) is 0 Å². The van der Waals surface area contributed by atoms with Gasteiger partial charge in [-0.3, -0.25) is 14.2 Å². The van der Waals surface area contributed by atoms with Gasteiger partial charge in [-0.25, -0.2) is 9.97 Å². The highest BCUT2D eigenvalue weighted by Crippen LogP contribution is 2.25. The molecule has 1 fully saturated rings. The summed E-state index contributed by atoms with van der Waals surface area (Å²) in [5.41, 5.74) is 7.22. The van der Waals surface area contributed by atoms with Gasteiger partial charge in [-0.05, 0) is 44.2 Å². The largest absolute Gasteiger partial charge is 0.372 e. The Morgan fingerprint density at radius 3 is 2.54 bits per heavy atom. The van der Waals surface area contributed by atoms with Gasteiger partial charge in [0.1, 0.15) is 17.0 Å². The first kappa shape index (κ1) is 18.1. The Balaban J connectivity index is 1.81. The fraction of sp³-hybridized carbons (Fsp3) is 0.300. The molecule has 4 rings (SSSR count). The van der Waals surface area contributed by atoms with Crippen LogP contribution in [-0.4, -0.2) is 56.5 Å². The highest BCUT2D eigenvalue weighted by atomic mass is 16.5. The van der Waals surface area contributed by atoms with Gasteiger partial charge >= 0.3 is 0 Å². The van der Waals surface area contributed by atoms with E-state index in [1.807, 2.05) is 32.0 Å². The number of primary amides is 1. The standard InChI is InChI=1S/C20H21N5O3/c1-12-10-24(11-13(2)28-12)20(27)17-8-14-4-3-7-22-19(14)25(17)15-5-6-16(18(21)26)23-9-15/h3-9,12-13H,10-11H2,1-2H3,(H2,21,26). The molecule has 3 aromatic heterocycles. The zero-order valence-electron chi connectivity index (χ0n) is 15.7. The van der Waals surface area contributed by atoms with Gasteiger partial charge < -0.3 is 15.4 Å². The molecule has 144 valence electrons. The van der Waals surface area contributed by atoms with Crippen molar-refractivity contribution in [3.63, 3.8) is 0 Å². The highest BCUT2D eigenvalue weighted by Gasteiger charge is 2.29. The SMILES string of the molecule is CC1CN(C(=O)c2cc3cccnc3n2-c2ccc(C(N)=O)nc2)CC(C)O1. The minimum Gasteiger partial charge on any atom is -0.372 e. The lowest BCUT2D eigenvalue weighted by molar-refractivity contribution is -0.0587. The number of hydrogen-bond donors (Lipinski definition) is 1. The third-order valence-corrected chi connectivity index (χ3v) is 4.75. The summed E-state index contributed by atoms with van der Waals surface area (Å²) in [5.74, 6) is -0.700. The summed E-state index contributed by atoms with van der Waals surface area (Å²) in [6.45, 7) is 4.97. The van der Waals surface area contributed by atoms with E-state index in [0.717, 1.165) is 5.39 Å². The van der Waals surface area contributed by atoms with Crippen molar-refractivity contribution in [2.45, 2.75) is 26.1 Å². The molecule has 4 heterocycles. The molecule has 2 unspecified atom stereocenters. The molecule has 0 aliphatic carbocycles. The Morgan fingerprint density at radius 2 is 1.89 bits per heavy atom. The first-order chi connectivity index (χ1) is 13.4. The quantitative estimate of drug-likeness (QED) is 0.747. The molecule has 1 saturated heterocycles. The molecule has 0 spiro atoms. The van der Waals surface area contributed by atoms with Crippen LogP contribution in [0.1, 0.15) is 34.8 Å². The summed E-state index contributed by atoms with van der Waals surface area (Å²) in [6.07, 6.45) is 3.15. The molecule has 3 aromatic rings. The number of pyridine rings is 2. The molecule has 2 N–H and O–H groups in total. The zero-order chi connectivity index (χ0) is 19.8. The van der Waals surface area contributed by atoms with E-state index >= 15 is 0 Å². The number of nitrogens with zero attached hydrogens (tertiary/aromatic N) is 4. The third-order valence-electron chi connectivity index (χ3n) is 4.75. The molecule has 2 amide bonds. The molecule has 8 heteroatoms. The molecular weight excluding hydrogens is 358 g/mol. The maximum Gasteiger partial charge on any atom is 0.271 e. The number of ether oxygens (including phenoxy) is 1. The van der Waals surface area contributed by atoms with Crippen LogP contribution in [0.5, 0.6) is 0 Å². The Kier molecular flexibility index (Phi) is 4.56. The maximum atomic E-state index is 13.4. The van der Waals surface area contributed by atoms with Crippen molar-refractivity contribution in [2.24, 2.45) is 5.73 Å². The van der Waals surface area contributed by atoms with Gasteiger partial charge in [0.2, 0.25) is 0 Å². The van der Waals surface area contributed by atoms with Crippen molar-refractivity contribution in [1.29, 1.82) is 0 Å². The van der Waals surface area contributed by atoms with E-state index < -0.39 is 5.91 Å². The summed E-state index contributed by atoms with van der Waals surface area (Å²) in [7, 11) is 0. The number of hydrogen-bond acceptors (Lipinski definition) is 5. The number of carbonyl (C=O) groups is 2. The zero-order valence-corrected chi connectivity index (χ0v) is 15.7. The monoisotopic (exact) mass is 379 g/mol. The number of aromatic nitrogens is 3. The minimum atomic E-state index is -0.602. The van der Waals surface area contributed by atoms with Crippen LogP contribution in [0.4, 0.5) is 0 Å². The lowest BCUT2D eigenvalue weighted by Crippen LogP contribution is -2.48. The molecule has 0 radical (unpaired) electrons. The van der Waals surface area contributed by atoms with Gasteiger partial charge in [0, 0.05) is 24.7 Å². The van der Waals surface area contributed by atoms with Crippen LogP contribution >= 0.6 is 0 Å². The average molecular weight is 379 g/mol. The molecule has 28 heavy (non-hydrogen) atoms. The summed E-state index contributed by atoms with van der Waals surface area (Å²) in [4.78, 5) is 35.0. The molecule has 0 aromatic carbocycles. The van der Waals surface area contributed by atoms with E-state index in [1.54, 1.807) is 27.8 Å². The highest BCUT2D eigenvalue weighted by molar-refractivity contribution is 5.99. The second kappa shape index (κ2) is 7.05. The van der Waals surface area contributed by atoms with Gasteiger partial charge in [0.15, 0.2) is 0 Å². The van der Waals surface area contributed by atoms with Gasteiger partial charge in [-0.2, -0.15) is 0 Å². The fourth-order valence-corrected chi connectivity index (χ4v) is 3.62. The second-order valence-corrected chi connectivity index (χ2v) is 7.01. The normalized spacial score (nSPS) is 19.7. The Morgan fingerprint density at radius 1 is 1.14 bits per heavy atom. The number of carbonyl (C=O) groups excluding carboxylic acids is 2. The number of rotatable bonds is 3. The molecule has 8 nitrogen and oxygen atoms in total. The van der Waals surface area contributed by atoms with Crippen molar-refractivity contribution in [2.75, 3.05) is 13.1 Å². The van der Waals surface area contributed by atoms with E-state index in [2.05, 4.69) is 9.97 Å². The summed E-state index contributed by atoms with van der Waals surface area (Å²) in [5, 5.41) is 0.846. The van der Waals surface area contributed by atoms with Crippen molar-refractivity contribution >= 4 is 22.8 Å². The van der Waals surface area contributed by atoms with Crippen LogP contribution in [0.15, 0.2) is 42.7 Å². The van der Waals surface area contributed by atoms with Crippen LogP contribution in [0.25, 0.3) is 16.7 Å². The lowest BCUT2D eigenvalue weighted by atomic mass is 10.2. The Hall–Kier alpha value is -3.26. The molecule has 2 atom stereocenters. The third kappa shape index (κ3) is 3.22. The second-order valence-electron chi connectivity index (χ2n) is 7.01. The van der Waals surface area contributed by atoms with E-state index in [-0.39, 0.29) is 23.8 Å². The Bertz CT molecular complexity index is 1030. The number of fused-ring (bicyclic) bond motifs is 1. The molecule has 0 bridgehead atoms. The van der Waals surface area contributed by atoms with E-state index in [1.165, 1.54) is 6.20 Å². The minimum absolute atomic E-state index is 0.0276. The van der Waals surface area contributed by atoms with Crippen LogP contribution < -0.4 is 5.73 Å². The number of morpholine rings is 1. The predicted octanol–water partition coefficient (Wildman–Crippen LogP) is 1.77. The van der Waals surface area contributed by atoms with Crippen LogP contribution in [-0.2, 0) is 4.74 Å². The summed E-state index contributed by atoms with van der Waals surface area (Å²) < 4.78 is 7.51. The van der Waals surface area contributed by atoms with Crippen molar-refractivity contribution in [1.82, 2.24) is 19.4 Å². The Labute approximate surface area is 161 Å². The molecule has 0 saturated carbocycles. The molecule has 1 aliphatic rings. The van der Waals surface area contributed by atoms with E-state index in [0.29, 0.717) is 30.1 Å². The molecular formula is C20H21N5O3.